The fourth-order valence-corrected chi connectivity index (χ4v) is 1.93. The van der Waals surface area contributed by atoms with E-state index in [1.807, 2.05) is 19.1 Å². The quantitative estimate of drug-likeness (QED) is 0.767. The van der Waals surface area contributed by atoms with Crippen molar-refractivity contribution in [1.29, 1.82) is 0 Å². The first-order chi connectivity index (χ1) is 7.63. The molecule has 0 aliphatic rings. The predicted molar refractivity (Wildman–Crippen MR) is 68.4 cm³/mol. The first-order valence-corrected chi connectivity index (χ1v) is 7.00. The Labute approximate surface area is 99.7 Å². The number of hydrogen-bond acceptors (Lipinski definition) is 3. The van der Waals surface area contributed by atoms with Gasteiger partial charge in [0, 0.05) is 35.9 Å². The van der Waals surface area contributed by atoms with Gasteiger partial charge in [-0.15, -0.1) is 0 Å². The van der Waals surface area contributed by atoms with Crippen LogP contribution in [0.5, 0.6) is 5.75 Å². The molecule has 0 heterocycles. The van der Waals surface area contributed by atoms with Gasteiger partial charge in [-0.3, -0.25) is 4.21 Å². The number of benzene rings is 1. The van der Waals surface area contributed by atoms with Crippen molar-refractivity contribution >= 4 is 10.8 Å². The summed E-state index contributed by atoms with van der Waals surface area (Å²) in [6.45, 7) is 3.62. The average Bonchev–Trinajstić information content (AvgIpc) is 2.24. The van der Waals surface area contributed by atoms with E-state index in [9.17, 15) is 4.21 Å². The maximum atomic E-state index is 10.8. The van der Waals surface area contributed by atoms with Crippen LogP contribution in [0.4, 0.5) is 0 Å². The molecule has 0 spiro atoms. The molecule has 4 heteroatoms. The minimum absolute atomic E-state index is 0.704. The largest absolute Gasteiger partial charge is 0.496 e. The molecule has 0 aliphatic heterocycles. The zero-order chi connectivity index (χ0) is 12.0. The van der Waals surface area contributed by atoms with E-state index in [0.29, 0.717) is 5.75 Å². The van der Waals surface area contributed by atoms with Crippen LogP contribution in [0.3, 0.4) is 0 Å². The predicted octanol–water partition coefficient (Wildman–Crippen LogP) is 1.47. The second kappa shape index (κ2) is 6.66. The molecule has 0 saturated carbocycles. The molecule has 1 atom stereocenters. The van der Waals surface area contributed by atoms with Crippen LogP contribution in [0.15, 0.2) is 18.2 Å². The van der Waals surface area contributed by atoms with E-state index >= 15 is 0 Å². The highest BCUT2D eigenvalue weighted by molar-refractivity contribution is 7.84. The molecule has 0 aromatic heterocycles. The topological polar surface area (TPSA) is 38.3 Å². The van der Waals surface area contributed by atoms with Crippen molar-refractivity contribution in [2.45, 2.75) is 13.5 Å². The zero-order valence-electron chi connectivity index (χ0n) is 10.1. The number of rotatable bonds is 6. The first-order valence-electron chi connectivity index (χ1n) is 5.27. The van der Waals surface area contributed by atoms with Crippen LogP contribution >= 0.6 is 0 Å². The van der Waals surface area contributed by atoms with Gasteiger partial charge >= 0.3 is 0 Å². The van der Waals surface area contributed by atoms with Crippen LogP contribution in [0, 0.1) is 6.92 Å². The average molecular weight is 241 g/mol. The SMILES string of the molecule is COc1ccc(CNCCS(C)=O)cc1C. The van der Waals surface area contributed by atoms with Crippen LogP contribution in [0.2, 0.25) is 0 Å². The molecule has 0 radical (unpaired) electrons. The smallest absolute Gasteiger partial charge is 0.121 e. The molecule has 1 aromatic rings. The molecule has 16 heavy (non-hydrogen) atoms. The lowest BCUT2D eigenvalue weighted by Gasteiger charge is -2.08. The molecule has 3 nitrogen and oxygen atoms in total. The summed E-state index contributed by atoms with van der Waals surface area (Å²) in [6.07, 6.45) is 1.72. The molecule has 1 N–H and O–H groups in total. The molecule has 0 amide bonds. The Hall–Kier alpha value is -0.870. The Morgan fingerprint density at radius 1 is 1.44 bits per heavy atom. The second-order valence-electron chi connectivity index (χ2n) is 3.76. The van der Waals surface area contributed by atoms with Crippen molar-refractivity contribution in [2.75, 3.05) is 25.7 Å². The third kappa shape index (κ3) is 4.33. The van der Waals surface area contributed by atoms with Crippen molar-refractivity contribution in [1.82, 2.24) is 5.32 Å². The lowest BCUT2D eigenvalue weighted by atomic mass is 10.1. The third-order valence-electron chi connectivity index (χ3n) is 2.35. The summed E-state index contributed by atoms with van der Waals surface area (Å²) < 4.78 is 16.0. The Morgan fingerprint density at radius 2 is 2.19 bits per heavy atom. The third-order valence-corrected chi connectivity index (χ3v) is 3.13. The molecule has 0 aliphatic carbocycles. The van der Waals surface area contributed by atoms with E-state index in [-0.39, 0.29) is 0 Å². The first kappa shape index (κ1) is 13.2. The molecule has 1 rings (SSSR count). The summed E-state index contributed by atoms with van der Waals surface area (Å²) in [6, 6.07) is 6.13. The van der Waals surface area contributed by atoms with Gasteiger partial charge in [0.1, 0.15) is 5.75 Å². The van der Waals surface area contributed by atoms with Gasteiger partial charge in [-0.1, -0.05) is 12.1 Å². The Bertz CT molecular complexity index is 366. The number of methoxy groups -OCH3 is 1. The summed E-state index contributed by atoms with van der Waals surface area (Å²) in [5.74, 6) is 1.62. The van der Waals surface area contributed by atoms with Gasteiger partial charge in [-0.2, -0.15) is 0 Å². The molecule has 0 saturated heterocycles. The monoisotopic (exact) mass is 241 g/mol. The van der Waals surface area contributed by atoms with Crippen molar-refractivity contribution in [3.8, 4) is 5.75 Å². The molecule has 1 aromatic carbocycles. The Morgan fingerprint density at radius 3 is 2.75 bits per heavy atom. The molecular formula is C12H19NO2S. The maximum Gasteiger partial charge on any atom is 0.121 e. The van der Waals surface area contributed by atoms with Gasteiger partial charge in [-0.05, 0) is 24.1 Å². The number of nitrogens with one attached hydrogen (secondary N) is 1. The van der Waals surface area contributed by atoms with Crippen molar-refractivity contribution in [3.05, 3.63) is 29.3 Å². The molecule has 0 fully saturated rings. The minimum atomic E-state index is -0.715. The molecule has 1 unspecified atom stereocenters. The summed E-state index contributed by atoms with van der Waals surface area (Å²) in [7, 11) is 0.962. The van der Waals surface area contributed by atoms with Gasteiger partial charge in [0.2, 0.25) is 0 Å². The van der Waals surface area contributed by atoms with Crippen LogP contribution in [0.25, 0.3) is 0 Å². The van der Waals surface area contributed by atoms with E-state index in [1.54, 1.807) is 13.4 Å². The maximum absolute atomic E-state index is 10.8. The number of hydrogen-bond donors (Lipinski definition) is 1. The van der Waals surface area contributed by atoms with Crippen molar-refractivity contribution < 1.29 is 8.95 Å². The summed E-state index contributed by atoms with van der Waals surface area (Å²) in [5.41, 5.74) is 2.36. The van der Waals surface area contributed by atoms with E-state index in [1.165, 1.54) is 5.56 Å². The summed E-state index contributed by atoms with van der Waals surface area (Å²) >= 11 is 0. The highest BCUT2D eigenvalue weighted by Crippen LogP contribution is 2.18. The van der Waals surface area contributed by atoms with Crippen LogP contribution < -0.4 is 10.1 Å². The van der Waals surface area contributed by atoms with Gasteiger partial charge in [0.15, 0.2) is 0 Å². The second-order valence-corrected chi connectivity index (χ2v) is 5.31. The van der Waals surface area contributed by atoms with Crippen molar-refractivity contribution in [3.63, 3.8) is 0 Å². The Kier molecular flexibility index (Phi) is 5.49. The van der Waals surface area contributed by atoms with E-state index in [4.69, 9.17) is 4.74 Å². The van der Waals surface area contributed by atoms with E-state index in [2.05, 4.69) is 11.4 Å². The normalized spacial score (nSPS) is 12.4. The molecule has 90 valence electrons. The highest BCUT2D eigenvalue weighted by atomic mass is 32.2. The van der Waals surface area contributed by atoms with Gasteiger partial charge < -0.3 is 10.1 Å². The summed E-state index contributed by atoms with van der Waals surface area (Å²) in [4.78, 5) is 0. The number of ether oxygens (including phenoxy) is 1. The summed E-state index contributed by atoms with van der Waals surface area (Å²) in [5, 5.41) is 3.26. The molecular weight excluding hydrogens is 222 g/mol. The van der Waals surface area contributed by atoms with Gasteiger partial charge in [-0.25, -0.2) is 0 Å². The van der Waals surface area contributed by atoms with Crippen molar-refractivity contribution in [2.24, 2.45) is 0 Å². The minimum Gasteiger partial charge on any atom is -0.496 e. The lowest BCUT2D eigenvalue weighted by molar-refractivity contribution is 0.411. The van der Waals surface area contributed by atoms with Crippen LogP contribution in [0.1, 0.15) is 11.1 Å². The highest BCUT2D eigenvalue weighted by Gasteiger charge is 1.99. The standard InChI is InChI=1S/C12H19NO2S/c1-10-8-11(4-5-12(10)15-2)9-13-6-7-16(3)14/h4-5,8,13H,6-7,9H2,1-3H3. The lowest BCUT2D eigenvalue weighted by Crippen LogP contribution is -2.19. The van der Waals surface area contributed by atoms with E-state index < -0.39 is 10.8 Å². The zero-order valence-corrected chi connectivity index (χ0v) is 10.9. The van der Waals surface area contributed by atoms with Crippen LogP contribution in [-0.2, 0) is 17.3 Å². The van der Waals surface area contributed by atoms with E-state index in [0.717, 1.165) is 24.4 Å². The fraction of sp³-hybridized carbons (Fsp3) is 0.500. The van der Waals surface area contributed by atoms with Gasteiger partial charge in [0.25, 0.3) is 0 Å². The van der Waals surface area contributed by atoms with Crippen LogP contribution in [-0.4, -0.2) is 29.9 Å². The van der Waals surface area contributed by atoms with Gasteiger partial charge in [0.05, 0.1) is 7.11 Å². The number of aryl methyl sites for hydroxylation is 1. The fourth-order valence-electron chi connectivity index (χ4n) is 1.50. The Balaban J connectivity index is 2.43. The molecule has 0 bridgehead atoms.